The molecule has 0 aliphatic heterocycles. The zero-order valence-corrected chi connectivity index (χ0v) is 17.6. The highest BCUT2D eigenvalue weighted by Crippen LogP contribution is 2.16. The predicted octanol–water partition coefficient (Wildman–Crippen LogP) is 2.74. The number of amides is 1. The predicted molar refractivity (Wildman–Crippen MR) is 117 cm³/mol. The molecule has 0 radical (unpaired) electrons. The SMILES string of the molecule is O=C(CNS(=O)(=O)c1cccs1)NCc1cccc(Cn2cnc3ccccc32)c1. The number of nitrogens with one attached hydrogen (secondary N) is 2. The monoisotopic (exact) mass is 440 g/mol. The molecule has 0 unspecified atom stereocenters. The van der Waals surface area contributed by atoms with Gasteiger partial charge >= 0.3 is 0 Å². The maximum atomic E-state index is 12.1. The van der Waals surface area contributed by atoms with Crippen molar-refractivity contribution in [3.05, 3.63) is 83.5 Å². The highest BCUT2D eigenvalue weighted by Gasteiger charge is 2.16. The first-order chi connectivity index (χ1) is 14.5. The number of sulfonamides is 1. The van der Waals surface area contributed by atoms with E-state index < -0.39 is 10.0 Å². The van der Waals surface area contributed by atoms with Crippen LogP contribution in [0.25, 0.3) is 11.0 Å². The molecule has 9 heteroatoms. The van der Waals surface area contributed by atoms with Crippen molar-refractivity contribution < 1.29 is 13.2 Å². The van der Waals surface area contributed by atoms with Crippen LogP contribution in [0.15, 0.2) is 76.6 Å². The summed E-state index contributed by atoms with van der Waals surface area (Å²) in [4.78, 5) is 16.5. The average molecular weight is 441 g/mol. The molecule has 0 spiro atoms. The third kappa shape index (κ3) is 4.76. The number of aromatic nitrogens is 2. The van der Waals surface area contributed by atoms with Crippen LogP contribution >= 0.6 is 11.3 Å². The number of imidazole rings is 1. The van der Waals surface area contributed by atoms with Gasteiger partial charge in [-0.1, -0.05) is 42.5 Å². The number of fused-ring (bicyclic) bond motifs is 1. The van der Waals surface area contributed by atoms with Crippen molar-refractivity contribution in [2.75, 3.05) is 6.54 Å². The molecule has 4 aromatic rings. The summed E-state index contributed by atoms with van der Waals surface area (Å²) >= 11 is 1.11. The first kappa shape index (κ1) is 20.3. The van der Waals surface area contributed by atoms with Gasteiger partial charge in [0, 0.05) is 13.1 Å². The fraction of sp³-hybridized carbons (Fsp3) is 0.143. The van der Waals surface area contributed by atoms with E-state index >= 15 is 0 Å². The van der Waals surface area contributed by atoms with Crippen molar-refractivity contribution in [1.82, 2.24) is 19.6 Å². The quantitative estimate of drug-likeness (QED) is 0.441. The van der Waals surface area contributed by atoms with E-state index in [-0.39, 0.29) is 16.7 Å². The summed E-state index contributed by atoms with van der Waals surface area (Å²) in [6, 6.07) is 19.0. The van der Waals surface area contributed by atoms with Gasteiger partial charge in [0.1, 0.15) is 4.21 Å². The van der Waals surface area contributed by atoms with E-state index in [1.807, 2.05) is 54.9 Å². The van der Waals surface area contributed by atoms with Crippen LogP contribution in [0.2, 0.25) is 0 Å². The Morgan fingerprint density at radius 2 is 1.87 bits per heavy atom. The second kappa shape index (κ2) is 8.78. The first-order valence-electron chi connectivity index (χ1n) is 9.29. The van der Waals surface area contributed by atoms with Crippen LogP contribution in [0.3, 0.4) is 0 Å². The lowest BCUT2D eigenvalue weighted by atomic mass is 10.1. The van der Waals surface area contributed by atoms with Crippen LogP contribution in [0, 0.1) is 0 Å². The topological polar surface area (TPSA) is 93.1 Å². The van der Waals surface area contributed by atoms with Crippen LogP contribution in [0.1, 0.15) is 11.1 Å². The van der Waals surface area contributed by atoms with Crippen LogP contribution in [0.4, 0.5) is 0 Å². The molecule has 0 saturated heterocycles. The molecule has 0 saturated carbocycles. The molecule has 2 aromatic carbocycles. The van der Waals surface area contributed by atoms with Crippen LogP contribution in [0.5, 0.6) is 0 Å². The van der Waals surface area contributed by atoms with E-state index in [4.69, 9.17) is 0 Å². The minimum absolute atomic E-state index is 0.190. The molecule has 0 aliphatic carbocycles. The highest BCUT2D eigenvalue weighted by molar-refractivity contribution is 7.91. The Kier molecular flexibility index (Phi) is 5.93. The van der Waals surface area contributed by atoms with Gasteiger partial charge < -0.3 is 9.88 Å². The Bertz CT molecular complexity index is 1260. The van der Waals surface area contributed by atoms with E-state index in [2.05, 4.69) is 19.6 Å². The maximum Gasteiger partial charge on any atom is 0.250 e. The van der Waals surface area contributed by atoms with Crippen LogP contribution < -0.4 is 10.0 Å². The number of hydrogen-bond donors (Lipinski definition) is 2. The van der Waals surface area contributed by atoms with E-state index in [1.54, 1.807) is 11.4 Å². The minimum Gasteiger partial charge on any atom is -0.351 e. The number of rotatable bonds is 8. The van der Waals surface area contributed by atoms with Gasteiger partial charge in [-0.3, -0.25) is 4.79 Å². The number of carbonyl (C=O) groups excluding carboxylic acids is 1. The summed E-state index contributed by atoms with van der Waals surface area (Å²) in [7, 11) is -3.65. The summed E-state index contributed by atoms with van der Waals surface area (Å²) in [6.45, 7) is 0.682. The van der Waals surface area contributed by atoms with Crippen molar-refractivity contribution >= 4 is 38.3 Å². The Labute approximate surface area is 178 Å². The standard InChI is InChI=1S/C21H20N4O3S2/c26-20(13-24-30(27,28)21-9-4-10-29-21)22-12-16-5-3-6-17(11-16)14-25-15-23-18-7-1-2-8-19(18)25/h1-11,15,24H,12-14H2,(H,22,26). The van der Waals surface area contributed by atoms with Crippen molar-refractivity contribution in [2.45, 2.75) is 17.3 Å². The molecule has 2 heterocycles. The molecule has 2 aromatic heterocycles. The number of thiophene rings is 1. The lowest BCUT2D eigenvalue weighted by molar-refractivity contribution is -0.120. The molecule has 7 nitrogen and oxygen atoms in total. The van der Waals surface area contributed by atoms with Gasteiger partial charge in [0.25, 0.3) is 10.0 Å². The smallest absolute Gasteiger partial charge is 0.250 e. The van der Waals surface area contributed by atoms with Gasteiger partial charge in [-0.2, -0.15) is 0 Å². The summed E-state index contributed by atoms with van der Waals surface area (Å²) in [5.74, 6) is -0.388. The van der Waals surface area contributed by atoms with Gasteiger partial charge in [-0.15, -0.1) is 11.3 Å². The zero-order chi connectivity index (χ0) is 21.0. The molecule has 0 fully saturated rings. The second-order valence-electron chi connectivity index (χ2n) is 6.71. The largest absolute Gasteiger partial charge is 0.351 e. The number of para-hydroxylation sites is 2. The fourth-order valence-corrected chi connectivity index (χ4v) is 5.10. The van der Waals surface area contributed by atoms with Crippen LogP contribution in [-0.4, -0.2) is 30.4 Å². The van der Waals surface area contributed by atoms with Crippen LogP contribution in [-0.2, 0) is 27.9 Å². The van der Waals surface area contributed by atoms with Gasteiger partial charge in [-0.05, 0) is 34.7 Å². The molecular formula is C21H20N4O3S2. The zero-order valence-electron chi connectivity index (χ0n) is 16.0. The van der Waals surface area contributed by atoms with E-state index in [0.717, 1.165) is 33.5 Å². The maximum absolute atomic E-state index is 12.1. The number of hydrogen-bond acceptors (Lipinski definition) is 5. The molecule has 0 atom stereocenters. The lowest BCUT2D eigenvalue weighted by Gasteiger charge is -2.09. The van der Waals surface area contributed by atoms with Gasteiger partial charge in [0.15, 0.2) is 0 Å². The Morgan fingerprint density at radius 1 is 1.03 bits per heavy atom. The van der Waals surface area contributed by atoms with E-state index in [9.17, 15) is 13.2 Å². The van der Waals surface area contributed by atoms with Crippen molar-refractivity contribution in [3.63, 3.8) is 0 Å². The number of carbonyl (C=O) groups is 1. The van der Waals surface area contributed by atoms with E-state index in [1.165, 1.54) is 6.07 Å². The Balaban J connectivity index is 1.34. The van der Waals surface area contributed by atoms with Crippen molar-refractivity contribution in [3.8, 4) is 0 Å². The lowest BCUT2D eigenvalue weighted by Crippen LogP contribution is -2.36. The van der Waals surface area contributed by atoms with Crippen molar-refractivity contribution in [1.29, 1.82) is 0 Å². The Morgan fingerprint density at radius 3 is 2.70 bits per heavy atom. The second-order valence-corrected chi connectivity index (χ2v) is 9.66. The summed E-state index contributed by atoms with van der Waals surface area (Å²) in [6.07, 6.45) is 1.82. The highest BCUT2D eigenvalue weighted by atomic mass is 32.2. The van der Waals surface area contributed by atoms with Gasteiger partial charge in [0.2, 0.25) is 5.91 Å². The molecule has 0 aliphatic rings. The van der Waals surface area contributed by atoms with Gasteiger partial charge in [-0.25, -0.2) is 18.1 Å². The van der Waals surface area contributed by atoms with Crippen molar-refractivity contribution in [2.24, 2.45) is 0 Å². The normalized spacial score (nSPS) is 11.6. The molecule has 1 amide bonds. The van der Waals surface area contributed by atoms with E-state index in [0.29, 0.717) is 13.1 Å². The number of benzene rings is 2. The summed E-state index contributed by atoms with van der Waals surface area (Å²) in [5.41, 5.74) is 4.04. The summed E-state index contributed by atoms with van der Waals surface area (Å²) < 4.78 is 28.7. The average Bonchev–Trinajstić information content (AvgIpc) is 3.43. The minimum atomic E-state index is -3.65. The molecule has 154 valence electrons. The molecule has 4 rings (SSSR count). The first-order valence-corrected chi connectivity index (χ1v) is 11.7. The molecule has 30 heavy (non-hydrogen) atoms. The fourth-order valence-electron chi connectivity index (χ4n) is 3.08. The summed E-state index contributed by atoms with van der Waals surface area (Å²) in [5, 5.41) is 4.43. The third-order valence-electron chi connectivity index (χ3n) is 4.54. The van der Waals surface area contributed by atoms with Gasteiger partial charge in [0.05, 0.1) is 23.9 Å². The molecule has 2 N–H and O–H groups in total. The Hall–Kier alpha value is -3.01. The third-order valence-corrected chi connectivity index (χ3v) is 7.34. The molecule has 0 bridgehead atoms. The number of nitrogens with zero attached hydrogens (tertiary/aromatic N) is 2. The molecular weight excluding hydrogens is 420 g/mol.